The third kappa shape index (κ3) is 10.5. The molecule has 5 aromatic carbocycles. The minimum atomic E-state index is -4.52. The van der Waals surface area contributed by atoms with E-state index in [1.807, 2.05) is 24.3 Å². The fourth-order valence-electron chi connectivity index (χ4n) is 6.24. The number of nitrogens with one attached hydrogen (secondary N) is 1. The maximum absolute atomic E-state index is 14.1. The third-order valence-electron chi connectivity index (χ3n) is 9.32. The van der Waals surface area contributed by atoms with Gasteiger partial charge in [0.25, 0.3) is 10.1 Å². The van der Waals surface area contributed by atoms with Crippen LogP contribution in [0.5, 0.6) is 0 Å². The van der Waals surface area contributed by atoms with E-state index in [9.17, 15) is 31.2 Å². The van der Waals surface area contributed by atoms with Crippen LogP contribution in [0, 0.1) is 6.92 Å². The highest BCUT2D eigenvalue weighted by Crippen LogP contribution is 2.37. The molecule has 1 unspecified atom stereocenters. The minimum Gasteiger partial charge on any atom is -0.326 e. The molecule has 0 radical (unpaired) electrons. The van der Waals surface area contributed by atoms with Crippen LogP contribution < -0.4 is 5.32 Å². The van der Waals surface area contributed by atoms with Gasteiger partial charge in [-0.2, -0.15) is 21.6 Å². The Balaban J connectivity index is 1.39. The van der Waals surface area contributed by atoms with Crippen LogP contribution in [0.25, 0.3) is 22.3 Å². The molecule has 0 heterocycles. The summed E-state index contributed by atoms with van der Waals surface area (Å²) in [6.45, 7) is 8.26. The number of anilines is 1. The van der Waals surface area contributed by atoms with Gasteiger partial charge in [0, 0.05) is 28.3 Å². The molecule has 0 aromatic heterocycles. The van der Waals surface area contributed by atoms with Crippen LogP contribution in [0.4, 0.5) is 18.9 Å². The Hall–Kier alpha value is -4.77. The quantitative estimate of drug-likeness (QED) is 0.0971. The summed E-state index contributed by atoms with van der Waals surface area (Å²) in [5.74, 6) is -1.70. The molecule has 1 amide bonds. The minimum absolute atomic E-state index is 0.00375. The van der Waals surface area contributed by atoms with E-state index in [1.165, 1.54) is 11.6 Å². The van der Waals surface area contributed by atoms with Crippen molar-refractivity contribution in [3.63, 3.8) is 0 Å². The predicted octanol–water partition coefficient (Wildman–Crippen LogP) is 11.1. The van der Waals surface area contributed by atoms with Crippen LogP contribution in [-0.4, -0.2) is 30.4 Å². The number of benzene rings is 5. The van der Waals surface area contributed by atoms with Gasteiger partial charge in [0.05, 0.1) is 17.2 Å². The highest BCUT2D eigenvalue weighted by Gasteiger charge is 2.31. The maximum Gasteiger partial charge on any atom is 0.416 e. The first-order valence-corrected chi connectivity index (χ1v) is 19.3. The van der Waals surface area contributed by atoms with E-state index >= 15 is 0 Å². The Morgan fingerprint density at radius 3 is 1.89 bits per heavy atom. The lowest BCUT2D eigenvalue weighted by molar-refractivity contribution is -0.137. The van der Waals surface area contributed by atoms with E-state index in [0.29, 0.717) is 34.4 Å². The largest absolute Gasteiger partial charge is 0.416 e. The smallest absolute Gasteiger partial charge is 0.326 e. The zero-order chi connectivity index (χ0) is 39.4. The van der Waals surface area contributed by atoms with Gasteiger partial charge in [-0.25, -0.2) is 0 Å². The molecule has 0 fully saturated rings. The summed E-state index contributed by atoms with van der Waals surface area (Å²) in [5, 5.41) is 2.97. The highest BCUT2D eigenvalue weighted by atomic mass is 35.5. The Morgan fingerprint density at radius 2 is 1.35 bits per heavy atom. The molecule has 6 nitrogen and oxygen atoms in total. The number of amides is 1. The van der Waals surface area contributed by atoms with Crippen molar-refractivity contribution in [1.82, 2.24) is 0 Å². The van der Waals surface area contributed by atoms with Gasteiger partial charge in [0.2, 0.25) is 5.91 Å². The number of rotatable bonds is 12. The SMILES string of the molecule is Cc1cc(NC(=O)C(Cc2ccc(C(=O)CCCS(=O)(=O)O)cc2)c2ccc(-c3ccc(C(C)(C)C)cc3)cc2)ccc1-c1ccc(C(F)(F)F)cc1Cl. The van der Waals surface area contributed by atoms with Crippen LogP contribution in [0.1, 0.15) is 77.7 Å². The molecule has 0 aliphatic rings. The molecule has 282 valence electrons. The van der Waals surface area contributed by atoms with Crippen molar-refractivity contribution >= 4 is 39.1 Å². The molecule has 0 bridgehead atoms. The Kier molecular flexibility index (Phi) is 12.2. The molecular weight excluding hydrogens is 735 g/mol. The number of halogens is 4. The van der Waals surface area contributed by atoms with Crippen molar-refractivity contribution in [3.8, 4) is 22.3 Å². The van der Waals surface area contributed by atoms with Crippen molar-refractivity contribution < 1.29 is 35.7 Å². The van der Waals surface area contributed by atoms with Crippen molar-refractivity contribution in [3.05, 3.63) is 148 Å². The van der Waals surface area contributed by atoms with Crippen molar-refractivity contribution in [2.45, 2.75) is 64.5 Å². The molecule has 0 saturated heterocycles. The molecule has 0 aliphatic carbocycles. The summed E-state index contributed by atoms with van der Waals surface area (Å²) in [7, 11) is -4.16. The first kappa shape index (κ1) is 40.4. The van der Waals surface area contributed by atoms with Gasteiger partial charge in [0.1, 0.15) is 0 Å². The normalized spacial score (nSPS) is 12.7. The molecule has 11 heteroatoms. The van der Waals surface area contributed by atoms with Crippen LogP contribution in [0.3, 0.4) is 0 Å². The Morgan fingerprint density at radius 1 is 0.778 bits per heavy atom. The second kappa shape index (κ2) is 16.3. The van der Waals surface area contributed by atoms with Gasteiger partial charge in [0.15, 0.2) is 5.78 Å². The Labute approximate surface area is 319 Å². The molecule has 54 heavy (non-hydrogen) atoms. The number of alkyl halides is 3. The zero-order valence-corrected chi connectivity index (χ0v) is 31.9. The molecule has 5 aromatic rings. The van der Waals surface area contributed by atoms with E-state index in [2.05, 4.69) is 50.4 Å². The van der Waals surface area contributed by atoms with Crippen LogP contribution >= 0.6 is 11.6 Å². The Bertz CT molecular complexity index is 2250. The van der Waals surface area contributed by atoms with Gasteiger partial charge in [-0.15, -0.1) is 0 Å². The lowest BCUT2D eigenvalue weighted by atomic mass is 9.86. The number of aryl methyl sites for hydroxylation is 1. The number of carbonyl (C=O) groups is 2. The number of carbonyl (C=O) groups excluding carboxylic acids is 2. The van der Waals surface area contributed by atoms with Crippen LogP contribution in [-0.2, 0) is 32.9 Å². The number of hydrogen-bond donors (Lipinski definition) is 2. The molecule has 0 aliphatic heterocycles. The summed E-state index contributed by atoms with van der Waals surface area (Å²) < 4.78 is 70.7. The fraction of sp³-hybridized carbons (Fsp3) is 0.256. The summed E-state index contributed by atoms with van der Waals surface area (Å²) >= 11 is 6.27. The number of Topliss-reactive ketones (excluding diaryl/α,β-unsaturated/α-hetero) is 1. The lowest BCUT2D eigenvalue weighted by Crippen LogP contribution is -2.23. The standard InChI is InChI=1S/C43H41ClF3NO5S/c1-27-24-35(20-22-36(27)37-21-19-34(26-39(37)44)43(45,46)47)48-41(50)38(25-28-7-9-32(10-8-28)40(49)6-5-23-54(51,52)53)31-13-11-29(12-14-31)30-15-17-33(18-16-30)42(2,3)4/h7-22,24,26,38H,5-6,23,25H2,1-4H3,(H,48,50)(H,51,52,53). The summed E-state index contributed by atoms with van der Waals surface area (Å²) in [5.41, 5.74) is 6.62. The average molecular weight is 776 g/mol. The molecular formula is C43H41ClF3NO5S. The van der Waals surface area contributed by atoms with E-state index in [1.54, 1.807) is 49.4 Å². The van der Waals surface area contributed by atoms with Gasteiger partial charge in [-0.05, 0) is 88.4 Å². The van der Waals surface area contributed by atoms with Gasteiger partial charge < -0.3 is 5.32 Å². The molecule has 2 N–H and O–H groups in total. The first-order chi connectivity index (χ1) is 25.3. The first-order valence-electron chi connectivity index (χ1n) is 17.4. The fourth-order valence-corrected chi connectivity index (χ4v) is 7.03. The second-order valence-corrected chi connectivity index (χ2v) is 16.4. The second-order valence-electron chi connectivity index (χ2n) is 14.4. The number of hydrogen-bond acceptors (Lipinski definition) is 4. The van der Waals surface area contributed by atoms with Gasteiger partial charge in [-0.3, -0.25) is 14.1 Å². The molecule has 5 rings (SSSR count). The van der Waals surface area contributed by atoms with Crippen molar-refractivity contribution in [2.75, 3.05) is 11.1 Å². The van der Waals surface area contributed by atoms with Crippen LogP contribution in [0.2, 0.25) is 5.02 Å². The summed E-state index contributed by atoms with van der Waals surface area (Å²) in [4.78, 5) is 26.7. The molecule has 0 spiro atoms. The third-order valence-corrected chi connectivity index (χ3v) is 10.4. The number of ketones is 1. The highest BCUT2D eigenvalue weighted by molar-refractivity contribution is 7.85. The topological polar surface area (TPSA) is 101 Å². The van der Waals surface area contributed by atoms with Crippen LogP contribution in [0.15, 0.2) is 109 Å². The lowest BCUT2D eigenvalue weighted by Gasteiger charge is -2.20. The summed E-state index contributed by atoms with van der Waals surface area (Å²) in [6, 6.07) is 31.3. The van der Waals surface area contributed by atoms with Gasteiger partial charge in [-0.1, -0.05) is 117 Å². The monoisotopic (exact) mass is 775 g/mol. The zero-order valence-electron chi connectivity index (χ0n) is 30.3. The van der Waals surface area contributed by atoms with E-state index in [4.69, 9.17) is 16.2 Å². The van der Waals surface area contributed by atoms with Crippen molar-refractivity contribution in [1.29, 1.82) is 0 Å². The van der Waals surface area contributed by atoms with E-state index in [-0.39, 0.29) is 35.0 Å². The summed E-state index contributed by atoms with van der Waals surface area (Å²) in [6.07, 6.45) is -4.27. The van der Waals surface area contributed by atoms with E-state index in [0.717, 1.165) is 34.4 Å². The van der Waals surface area contributed by atoms with Gasteiger partial charge >= 0.3 is 6.18 Å². The molecule has 1 atom stereocenters. The predicted molar refractivity (Wildman–Crippen MR) is 209 cm³/mol. The van der Waals surface area contributed by atoms with Crippen molar-refractivity contribution in [2.24, 2.45) is 0 Å². The molecule has 0 saturated carbocycles. The maximum atomic E-state index is 14.1. The van der Waals surface area contributed by atoms with E-state index < -0.39 is 33.5 Å². The average Bonchev–Trinajstić information content (AvgIpc) is 3.10.